The monoisotopic (exact) mass is 474 g/mol. The van der Waals surface area contributed by atoms with E-state index in [0.29, 0.717) is 43.2 Å². The van der Waals surface area contributed by atoms with Crippen LogP contribution in [0, 0.1) is 0 Å². The maximum Gasteiger partial charge on any atom is 0.409 e. The fourth-order valence-electron chi connectivity index (χ4n) is 4.85. The first-order valence-electron chi connectivity index (χ1n) is 11.3. The van der Waals surface area contributed by atoms with Gasteiger partial charge < -0.3 is 19.3 Å². The third-order valence-electron chi connectivity index (χ3n) is 6.56. The highest BCUT2D eigenvalue weighted by molar-refractivity contribution is 7.80. The van der Waals surface area contributed by atoms with Crippen LogP contribution in [-0.4, -0.2) is 56.9 Å². The number of rotatable bonds is 4. The molecule has 5 rings (SSSR count). The molecule has 1 fully saturated rings. The molecule has 0 aromatic heterocycles. The molecule has 34 heavy (non-hydrogen) atoms. The van der Waals surface area contributed by atoms with Crippen LogP contribution in [0.3, 0.4) is 0 Å². The van der Waals surface area contributed by atoms with Gasteiger partial charge in [-0.05, 0) is 40.5 Å². The van der Waals surface area contributed by atoms with Gasteiger partial charge in [-0.2, -0.15) is 0 Å². The zero-order valence-corrected chi connectivity index (χ0v) is 19.8. The summed E-state index contributed by atoms with van der Waals surface area (Å²) < 4.78 is 10.6. The number of esters is 1. The predicted octanol–water partition coefficient (Wildman–Crippen LogP) is 4.83. The lowest BCUT2D eigenvalue weighted by Gasteiger charge is -2.36. The van der Waals surface area contributed by atoms with Crippen molar-refractivity contribution in [3.05, 3.63) is 83.4 Å². The standard InChI is InChI=1S/C27H26N2O4S/c1-32-26(30)18-14-19(16-20(34)15-18)28-10-12-29(13-11-28)27(31)33-17-25-23-8-4-2-6-21(23)22-7-3-5-9-24(22)25/h2-9,14-16,25,34H,10-13,17H2,1H3. The molecular formula is C27H26N2O4S. The first-order chi connectivity index (χ1) is 16.5. The molecule has 0 atom stereocenters. The Bertz CT molecular complexity index is 1190. The van der Waals surface area contributed by atoms with Gasteiger partial charge in [0.2, 0.25) is 0 Å². The first-order valence-corrected chi connectivity index (χ1v) is 11.8. The number of carbonyl (C=O) groups excluding carboxylic acids is 2. The van der Waals surface area contributed by atoms with Crippen molar-refractivity contribution in [1.29, 1.82) is 0 Å². The number of fused-ring (bicyclic) bond motifs is 3. The second-order valence-electron chi connectivity index (χ2n) is 8.51. The zero-order chi connectivity index (χ0) is 23.7. The Balaban J connectivity index is 1.21. The largest absolute Gasteiger partial charge is 0.465 e. The van der Waals surface area contributed by atoms with E-state index in [1.165, 1.54) is 29.4 Å². The highest BCUT2D eigenvalue weighted by Gasteiger charge is 2.30. The smallest absolute Gasteiger partial charge is 0.409 e. The fourth-order valence-corrected chi connectivity index (χ4v) is 5.12. The van der Waals surface area contributed by atoms with Crippen molar-refractivity contribution in [3.63, 3.8) is 0 Å². The quantitative estimate of drug-likeness (QED) is 0.434. The molecule has 174 valence electrons. The van der Waals surface area contributed by atoms with Gasteiger partial charge in [0.25, 0.3) is 0 Å². The number of methoxy groups -OCH3 is 1. The zero-order valence-electron chi connectivity index (χ0n) is 18.9. The average molecular weight is 475 g/mol. The molecule has 0 bridgehead atoms. The van der Waals surface area contributed by atoms with Crippen LogP contribution in [0.1, 0.15) is 27.4 Å². The van der Waals surface area contributed by atoms with Crippen molar-refractivity contribution in [2.45, 2.75) is 10.8 Å². The lowest BCUT2D eigenvalue weighted by molar-refractivity contribution is 0.0600. The molecule has 1 aliphatic carbocycles. The van der Waals surface area contributed by atoms with Gasteiger partial charge >= 0.3 is 12.1 Å². The summed E-state index contributed by atoms with van der Waals surface area (Å²) in [6.45, 7) is 2.68. The number of ether oxygens (including phenoxy) is 2. The third-order valence-corrected chi connectivity index (χ3v) is 6.82. The van der Waals surface area contributed by atoms with E-state index in [1.807, 2.05) is 30.3 Å². The fraction of sp³-hybridized carbons (Fsp3) is 0.259. The Morgan fingerprint density at radius 2 is 1.53 bits per heavy atom. The van der Waals surface area contributed by atoms with Gasteiger partial charge in [-0.1, -0.05) is 48.5 Å². The van der Waals surface area contributed by atoms with Crippen LogP contribution in [-0.2, 0) is 9.47 Å². The minimum absolute atomic E-state index is 0.0486. The molecule has 7 heteroatoms. The maximum absolute atomic E-state index is 12.9. The molecular weight excluding hydrogens is 448 g/mol. The van der Waals surface area contributed by atoms with Crippen LogP contribution in [0.4, 0.5) is 10.5 Å². The summed E-state index contributed by atoms with van der Waals surface area (Å²) in [5.74, 6) is -0.345. The van der Waals surface area contributed by atoms with E-state index in [9.17, 15) is 9.59 Å². The van der Waals surface area contributed by atoms with Gasteiger partial charge in [-0.15, -0.1) is 12.6 Å². The first kappa shape index (κ1) is 22.3. The maximum atomic E-state index is 12.9. The summed E-state index contributed by atoms with van der Waals surface area (Å²) in [5.41, 5.74) is 6.18. The number of hydrogen-bond donors (Lipinski definition) is 1. The van der Waals surface area contributed by atoms with E-state index in [4.69, 9.17) is 9.47 Å². The molecule has 3 aromatic carbocycles. The molecule has 0 N–H and O–H groups in total. The van der Waals surface area contributed by atoms with Crippen LogP contribution in [0.5, 0.6) is 0 Å². The number of anilines is 1. The van der Waals surface area contributed by atoms with Crippen molar-refractivity contribution < 1.29 is 19.1 Å². The molecule has 6 nitrogen and oxygen atoms in total. The van der Waals surface area contributed by atoms with Crippen molar-refractivity contribution in [2.75, 3.05) is 44.8 Å². The minimum Gasteiger partial charge on any atom is -0.465 e. The lowest BCUT2D eigenvalue weighted by atomic mass is 9.98. The average Bonchev–Trinajstić information content (AvgIpc) is 3.20. The Labute approximate surface area is 204 Å². The Hall–Kier alpha value is -3.45. The molecule has 2 aliphatic rings. The topological polar surface area (TPSA) is 59.1 Å². The van der Waals surface area contributed by atoms with E-state index in [0.717, 1.165) is 5.69 Å². The Morgan fingerprint density at radius 3 is 2.15 bits per heavy atom. The third kappa shape index (κ3) is 4.23. The Kier molecular flexibility index (Phi) is 6.20. The number of piperazine rings is 1. The van der Waals surface area contributed by atoms with Crippen molar-refractivity contribution in [3.8, 4) is 11.1 Å². The lowest BCUT2D eigenvalue weighted by Crippen LogP contribution is -2.49. The highest BCUT2D eigenvalue weighted by Crippen LogP contribution is 2.44. The molecule has 3 aromatic rings. The van der Waals surface area contributed by atoms with Crippen LogP contribution < -0.4 is 4.90 Å². The summed E-state index contributed by atoms with van der Waals surface area (Å²) >= 11 is 4.42. The summed E-state index contributed by atoms with van der Waals surface area (Å²) in [7, 11) is 1.36. The van der Waals surface area contributed by atoms with Gasteiger partial charge in [0.05, 0.1) is 12.7 Å². The van der Waals surface area contributed by atoms with Crippen molar-refractivity contribution >= 4 is 30.4 Å². The van der Waals surface area contributed by atoms with Gasteiger partial charge in [0.1, 0.15) is 6.61 Å². The normalized spacial score (nSPS) is 15.0. The number of thiol groups is 1. The van der Waals surface area contributed by atoms with Crippen LogP contribution in [0.25, 0.3) is 11.1 Å². The van der Waals surface area contributed by atoms with Gasteiger partial charge in [-0.25, -0.2) is 9.59 Å². The van der Waals surface area contributed by atoms with Crippen LogP contribution in [0.15, 0.2) is 71.6 Å². The van der Waals surface area contributed by atoms with Crippen LogP contribution in [0.2, 0.25) is 0 Å². The number of amides is 1. The predicted molar refractivity (Wildman–Crippen MR) is 134 cm³/mol. The molecule has 0 spiro atoms. The SMILES string of the molecule is COC(=O)c1cc(S)cc(N2CCN(C(=O)OCC3c4ccccc4-c4ccccc43)CC2)c1. The summed E-state index contributed by atoms with van der Waals surface area (Å²) in [4.78, 5) is 29.4. The van der Waals surface area contributed by atoms with E-state index < -0.39 is 5.97 Å². The van der Waals surface area contributed by atoms with Gasteiger partial charge in [0.15, 0.2) is 0 Å². The van der Waals surface area contributed by atoms with E-state index >= 15 is 0 Å². The summed E-state index contributed by atoms with van der Waals surface area (Å²) in [6, 6.07) is 22.0. The number of benzene rings is 3. The van der Waals surface area contributed by atoms with Gasteiger partial charge in [-0.3, -0.25) is 0 Å². The molecule has 1 saturated heterocycles. The molecule has 0 saturated carbocycles. The van der Waals surface area contributed by atoms with Crippen molar-refractivity contribution in [1.82, 2.24) is 4.90 Å². The van der Waals surface area contributed by atoms with E-state index in [2.05, 4.69) is 41.8 Å². The molecule has 0 radical (unpaired) electrons. The second kappa shape index (κ2) is 9.43. The molecule has 1 amide bonds. The summed E-state index contributed by atoms with van der Waals surface area (Å²) in [6.07, 6.45) is -0.292. The van der Waals surface area contributed by atoms with Crippen molar-refractivity contribution in [2.24, 2.45) is 0 Å². The number of carbonyl (C=O) groups is 2. The second-order valence-corrected chi connectivity index (χ2v) is 9.02. The summed E-state index contributed by atoms with van der Waals surface area (Å²) in [5, 5.41) is 0. The minimum atomic E-state index is -0.394. The molecule has 1 aliphatic heterocycles. The molecule has 1 heterocycles. The Morgan fingerprint density at radius 1 is 0.912 bits per heavy atom. The van der Waals surface area contributed by atoms with Gasteiger partial charge in [0, 0.05) is 42.7 Å². The highest BCUT2D eigenvalue weighted by atomic mass is 32.1. The molecule has 0 unspecified atom stereocenters. The number of nitrogens with zero attached hydrogens (tertiary/aromatic N) is 2. The van der Waals surface area contributed by atoms with E-state index in [-0.39, 0.29) is 12.0 Å². The van der Waals surface area contributed by atoms with Crippen LogP contribution >= 0.6 is 12.6 Å². The number of hydrogen-bond acceptors (Lipinski definition) is 6. The van der Waals surface area contributed by atoms with E-state index in [1.54, 1.807) is 17.0 Å².